The van der Waals surface area contributed by atoms with Crippen molar-refractivity contribution in [3.63, 3.8) is 0 Å². The first-order valence-electron chi connectivity index (χ1n) is 10.5. The molecule has 2 atom stereocenters. The minimum Gasteiger partial charge on any atom is -0.357 e. The van der Waals surface area contributed by atoms with E-state index in [1.165, 1.54) is 5.56 Å². The van der Waals surface area contributed by atoms with E-state index in [0.717, 1.165) is 38.6 Å². The summed E-state index contributed by atoms with van der Waals surface area (Å²) in [6, 6.07) is 10.8. The first-order valence-corrected chi connectivity index (χ1v) is 12.3. The lowest BCUT2D eigenvalue weighted by molar-refractivity contribution is 0.234. The van der Waals surface area contributed by atoms with Crippen molar-refractivity contribution >= 4 is 15.8 Å². The van der Waals surface area contributed by atoms with Crippen molar-refractivity contribution in [1.82, 2.24) is 15.1 Å². The smallest absolute Gasteiger partial charge is 0.193 e. The second kappa shape index (κ2) is 9.74. The van der Waals surface area contributed by atoms with Gasteiger partial charge in [0.15, 0.2) is 15.8 Å². The predicted molar refractivity (Wildman–Crippen MR) is 116 cm³/mol. The molecule has 1 aromatic carbocycles. The third-order valence-electron chi connectivity index (χ3n) is 5.88. The Bertz CT molecular complexity index is 737. The van der Waals surface area contributed by atoms with E-state index in [-0.39, 0.29) is 11.5 Å². The Hall–Kier alpha value is -1.60. The van der Waals surface area contributed by atoms with Crippen LogP contribution in [0.4, 0.5) is 0 Å². The van der Waals surface area contributed by atoms with Gasteiger partial charge in [0.05, 0.1) is 18.1 Å². The highest BCUT2D eigenvalue weighted by Crippen LogP contribution is 2.32. The van der Waals surface area contributed by atoms with Crippen molar-refractivity contribution < 1.29 is 8.42 Å². The molecule has 156 valence electrons. The highest BCUT2D eigenvalue weighted by molar-refractivity contribution is 7.91. The summed E-state index contributed by atoms with van der Waals surface area (Å²) in [6.07, 6.45) is 1.14. The summed E-state index contributed by atoms with van der Waals surface area (Å²) in [4.78, 5) is 9.43. The van der Waals surface area contributed by atoms with Gasteiger partial charge < -0.3 is 10.2 Å². The zero-order valence-corrected chi connectivity index (χ0v) is 18.0. The maximum absolute atomic E-state index is 11.6. The van der Waals surface area contributed by atoms with Gasteiger partial charge in [-0.05, 0) is 30.7 Å². The molecule has 0 bridgehead atoms. The summed E-state index contributed by atoms with van der Waals surface area (Å²) in [5.74, 6) is 2.73. The average molecular weight is 407 g/mol. The van der Waals surface area contributed by atoms with E-state index >= 15 is 0 Å². The number of hydrogen-bond acceptors (Lipinski definition) is 4. The maximum Gasteiger partial charge on any atom is 0.193 e. The van der Waals surface area contributed by atoms with E-state index in [9.17, 15) is 8.42 Å². The first kappa shape index (κ1) is 21.1. The number of sulfone groups is 1. The number of nitrogens with one attached hydrogen (secondary N) is 1. The molecule has 2 heterocycles. The summed E-state index contributed by atoms with van der Waals surface area (Å²) in [5, 5.41) is 3.44. The number of nitrogens with zero attached hydrogens (tertiary/aromatic N) is 3. The molecule has 1 N–H and O–H groups in total. The van der Waals surface area contributed by atoms with E-state index < -0.39 is 9.84 Å². The van der Waals surface area contributed by atoms with E-state index in [0.29, 0.717) is 31.5 Å². The molecule has 3 rings (SSSR count). The van der Waals surface area contributed by atoms with Crippen LogP contribution in [-0.2, 0) is 9.84 Å². The van der Waals surface area contributed by atoms with E-state index in [4.69, 9.17) is 4.99 Å². The van der Waals surface area contributed by atoms with Gasteiger partial charge in [-0.1, -0.05) is 37.3 Å². The number of aliphatic imine (C=N–C) groups is 1. The van der Waals surface area contributed by atoms with Crippen LogP contribution in [0, 0.1) is 5.92 Å². The van der Waals surface area contributed by atoms with Crippen molar-refractivity contribution in [2.75, 3.05) is 57.3 Å². The van der Waals surface area contributed by atoms with Gasteiger partial charge in [-0.25, -0.2) is 8.42 Å². The van der Waals surface area contributed by atoms with Crippen molar-refractivity contribution in [2.45, 2.75) is 26.2 Å². The molecule has 2 fully saturated rings. The van der Waals surface area contributed by atoms with Crippen LogP contribution >= 0.6 is 0 Å². The fraction of sp³-hybridized carbons (Fsp3) is 0.667. The molecule has 0 aromatic heterocycles. The lowest BCUT2D eigenvalue weighted by Crippen LogP contribution is -2.48. The number of guanidine groups is 1. The summed E-state index contributed by atoms with van der Waals surface area (Å²) in [5.41, 5.74) is 1.44. The van der Waals surface area contributed by atoms with Gasteiger partial charge in [-0.15, -0.1) is 0 Å². The number of benzene rings is 1. The lowest BCUT2D eigenvalue weighted by Gasteiger charge is -2.39. The van der Waals surface area contributed by atoms with Crippen LogP contribution < -0.4 is 5.32 Å². The highest BCUT2D eigenvalue weighted by atomic mass is 32.2. The molecule has 0 radical (unpaired) electrons. The zero-order chi connectivity index (χ0) is 20.0. The summed E-state index contributed by atoms with van der Waals surface area (Å²) >= 11 is 0. The fourth-order valence-electron chi connectivity index (χ4n) is 4.23. The molecule has 2 aliphatic heterocycles. The summed E-state index contributed by atoms with van der Waals surface area (Å²) < 4.78 is 23.1. The molecule has 6 nitrogen and oxygen atoms in total. The molecule has 2 saturated heterocycles. The Morgan fingerprint density at radius 3 is 2.54 bits per heavy atom. The SMILES string of the molecule is CCNC(=NCCN1CCS(=O)(=O)CC1)N1CCC(c2ccccc2)C(C)C1. The van der Waals surface area contributed by atoms with Crippen LogP contribution in [0.2, 0.25) is 0 Å². The molecule has 0 amide bonds. The zero-order valence-electron chi connectivity index (χ0n) is 17.2. The monoisotopic (exact) mass is 406 g/mol. The Morgan fingerprint density at radius 1 is 1.18 bits per heavy atom. The van der Waals surface area contributed by atoms with Crippen molar-refractivity contribution in [3.05, 3.63) is 35.9 Å². The van der Waals surface area contributed by atoms with Gasteiger partial charge in [0.1, 0.15) is 0 Å². The van der Waals surface area contributed by atoms with Gasteiger partial charge in [0.2, 0.25) is 0 Å². The summed E-state index contributed by atoms with van der Waals surface area (Å²) in [6.45, 7) is 10.1. The lowest BCUT2D eigenvalue weighted by atomic mass is 9.82. The predicted octanol–water partition coefficient (Wildman–Crippen LogP) is 1.81. The molecule has 1 aromatic rings. The van der Waals surface area contributed by atoms with Gasteiger partial charge in [0, 0.05) is 39.3 Å². The van der Waals surface area contributed by atoms with Crippen molar-refractivity contribution in [3.8, 4) is 0 Å². The Balaban J connectivity index is 1.54. The van der Waals surface area contributed by atoms with Crippen LogP contribution in [-0.4, -0.2) is 81.5 Å². The van der Waals surface area contributed by atoms with Crippen molar-refractivity contribution in [2.24, 2.45) is 10.9 Å². The molecular formula is C21H34N4O2S. The van der Waals surface area contributed by atoms with E-state index in [1.54, 1.807) is 0 Å². The molecule has 28 heavy (non-hydrogen) atoms. The van der Waals surface area contributed by atoms with Crippen LogP contribution in [0.15, 0.2) is 35.3 Å². The highest BCUT2D eigenvalue weighted by Gasteiger charge is 2.28. The third kappa shape index (κ3) is 5.70. The maximum atomic E-state index is 11.6. The van der Waals surface area contributed by atoms with Crippen LogP contribution in [0.3, 0.4) is 0 Å². The minimum atomic E-state index is -2.82. The Kier molecular flexibility index (Phi) is 7.35. The van der Waals surface area contributed by atoms with Gasteiger partial charge in [-0.3, -0.25) is 9.89 Å². The quantitative estimate of drug-likeness (QED) is 0.597. The summed E-state index contributed by atoms with van der Waals surface area (Å²) in [7, 11) is -2.82. The van der Waals surface area contributed by atoms with Gasteiger partial charge in [-0.2, -0.15) is 0 Å². The minimum absolute atomic E-state index is 0.279. The first-order chi connectivity index (χ1) is 13.5. The van der Waals surface area contributed by atoms with Gasteiger partial charge in [0.25, 0.3) is 0 Å². The average Bonchev–Trinajstić information content (AvgIpc) is 2.69. The molecule has 0 saturated carbocycles. The standard InChI is InChI=1S/C21H34N4O2S/c1-3-22-21(23-10-12-24-13-15-28(26,27)16-14-24)25-11-9-20(18(2)17-25)19-7-5-4-6-8-19/h4-8,18,20H,3,9-17H2,1-2H3,(H,22,23). The fourth-order valence-corrected chi connectivity index (χ4v) is 5.51. The topological polar surface area (TPSA) is 65.0 Å². The van der Waals surface area contributed by atoms with Gasteiger partial charge >= 0.3 is 0 Å². The number of likely N-dealkylation sites (tertiary alicyclic amines) is 1. The van der Waals surface area contributed by atoms with E-state index in [1.807, 2.05) is 0 Å². The molecule has 7 heteroatoms. The van der Waals surface area contributed by atoms with Crippen LogP contribution in [0.25, 0.3) is 0 Å². The second-order valence-electron chi connectivity index (χ2n) is 7.96. The molecule has 0 aliphatic carbocycles. The molecule has 2 aliphatic rings. The molecular weight excluding hydrogens is 372 g/mol. The van der Waals surface area contributed by atoms with Crippen LogP contribution in [0.1, 0.15) is 31.7 Å². The number of hydrogen-bond donors (Lipinski definition) is 1. The second-order valence-corrected chi connectivity index (χ2v) is 10.3. The normalized spacial score (nSPS) is 26.2. The van der Waals surface area contributed by atoms with E-state index in [2.05, 4.69) is 59.3 Å². The molecule has 0 spiro atoms. The molecule has 2 unspecified atom stereocenters. The Morgan fingerprint density at radius 2 is 1.89 bits per heavy atom. The van der Waals surface area contributed by atoms with Crippen molar-refractivity contribution in [1.29, 1.82) is 0 Å². The third-order valence-corrected chi connectivity index (χ3v) is 7.49. The Labute approximate surface area is 169 Å². The van der Waals surface area contributed by atoms with Crippen LogP contribution in [0.5, 0.6) is 0 Å². The number of piperidine rings is 1. The number of rotatable bonds is 5. The largest absolute Gasteiger partial charge is 0.357 e.